The molecule has 3 N–H and O–H groups in total. The van der Waals surface area contributed by atoms with Gasteiger partial charge in [0.25, 0.3) is 5.91 Å². The third kappa shape index (κ3) is 5.88. The van der Waals surface area contributed by atoms with E-state index in [4.69, 9.17) is 10.2 Å². The lowest BCUT2D eigenvalue weighted by atomic mass is 10.0. The van der Waals surface area contributed by atoms with Crippen LogP contribution in [0, 0.1) is 5.92 Å². The molecule has 0 bridgehead atoms. The van der Waals surface area contributed by atoms with Crippen LogP contribution in [0.2, 0.25) is 0 Å². The van der Waals surface area contributed by atoms with Crippen LogP contribution in [-0.4, -0.2) is 58.8 Å². The molecule has 1 atom stereocenters. The minimum absolute atomic E-state index is 0.102. The maximum atomic E-state index is 12.3. The van der Waals surface area contributed by atoms with Gasteiger partial charge in [-0.3, -0.25) is 19.4 Å². The number of aromatic nitrogens is 1. The van der Waals surface area contributed by atoms with Crippen LogP contribution in [0.4, 0.5) is 0 Å². The van der Waals surface area contributed by atoms with Crippen molar-refractivity contribution in [1.29, 1.82) is 0 Å². The normalized spacial score (nSPS) is 16.7. The molecule has 0 spiro atoms. The number of nitrogens with two attached hydrogens (primary N) is 1. The largest absolute Gasteiger partial charge is 0.447 e. The fraction of sp³-hybridized carbons (Fsp3) is 0.476. The van der Waals surface area contributed by atoms with Crippen molar-refractivity contribution < 1.29 is 14.0 Å². The standard InChI is InChI=1S/C21H29N5O3/c1-15(2)19(20(22)27)24-21(28)17-14-29-18(23-17)13-26-10-8-25(9-11-26)12-16-6-4-3-5-7-16/h3-7,14-15,19H,8-13H2,1-2H3,(H2,22,27)(H,24,28)/t19-/m0/s1. The highest BCUT2D eigenvalue weighted by molar-refractivity contribution is 5.95. The van der Waals surface area contributed by atoms with Crippen molar-refractivity contribution in [2.45, 2.75) is 33.0 Å². The maximum Gasteiger partial charge on any atom is 0.273 e. The van der Waals surface area contributed by atoms with E-state index in [-0.39, 0.29) is 11.6 Å². The number of primary amides is 1. The van der Waals surface area contributed by atoms with E-state index in [9.17, 15) is 9.59 Å². The number of hydrogen-bond acceptors (Lipinski definition) is 6. The molecule has 0 radical (unpaired) electrons. The summed E-state index contributed by atoms with van der Waals surface area (Å²) in [5.41, 5.74) is 6.83. The number of rotatable bonds is 8. The zero-order valence-corrected chi connectivity index (χ0v) is 17.0. The number of oxazole rings is 1. The van der Waals surface area contributed by atoms with Gasteiger partial charge in [-0.1, -0.05) is 44.2 Å². The molecular formula is C21H29N5O3. The molecule has 8 heteroatoms. The number of benzene rings is 1. The van der Waals surface area contributed by atoms with Crippen LogP contribution in [0.3, 0.4) is 0 Å². The zero-order chi connectivity index (χ0) is 20.8. The van der Waals surface area contributed by atoms with Gasteiger partial charge in [-0.15, -0.1) is 0 Å². The van der Waals surface area contributed by atoms with Crippen molar-refractivity contribution in [2.24, 2.45) is 11.7 Å². The third-order valence-corrected chi connectivity index (χ3v) is 5.12. The van der Waals surface area contributed by atoms with Gasteiger partial charge < -0.3 is 15.5 Å². The molecule has 2 aromatic rings. The Morgan fingerprint density at radius 3 is 2.31 bits per heavy atom. The first-order chi connectivity index (χ1) is 13.9. The number of hydrogen-bond donors (Lipinski definition) is 2. The molecule has 3 rings (SSSR count). The van der Waals surface area contributed by atoms with E-state index in [0.29, 0.717) is 12.4 Å². The van der Waals surface area contributed by atoms with Gasteiger partial charge in [-0.2, -0.15) is 0 Å². The number of nitrogens with one attached hydrogen (secondary N) is 1. The van der Waals surface area contributed by atoms with Crippen molar-refractivity contribution >= 4 is 11.8 Å². The number of amides is 2. The van der Waals surface area contributed by atoms with Crippen LogP contribution < -0.4 is 11.1 Å². The van der Waals surface area contributed by atoms with Crippen molar-refractivity contribution in [2.75, 3.05) is 26.2 Å². The third-order valence-electron chi connectivity index (χ3n) is 5.12. The fourth-order valence-corrected chi connectivity index (χ4v) is 3.41. The topological polar surface area (TPSA) is 105 Å². The molecule has 1 aromatic carbocycles. The lowest BCUT2D eigenvalue weighted by Crippen LogP contribution is -2.47. The van der Waals surface area contributed by atoms with Gasteiger partial charge >= 0.3 is 0 Å². The van der Waals surface area contributed by atoms with E-state index in [2.05, 4.69) is 44.4 Å². The van der Waals surface area contributed by atoms with Gasteiger partial charge in [0.05, 0.1) is 6.54 Å². The summed E-state index contributed by atoms with van der Waals surface area (Å²) in [6, 6.07) is 9.72. The van der Waals surface area contributed by atoms with Crippen molar-refractivity contribution in [3.63, 3.8) is 0 Å². The Labute approximate surface area is 171 Å². The van der Waals surface area contributed by atoms with E-state index in [1.54, 1.807) is 0 Å². The summed E-state index contributed by atoms with van der Waals surface area (Å²) in [7, 11) is 0. The molecule has 1 aliphatic heterocycles. The molecule has 2 amide bonds. The Balaban J connectivity index is 1.48. The van der Waals surface area contributed by atoms with E-state index < -0.39 is 17.9 Å². The molecule has 156 valence electrons. The van der Waals surface area contributed by atoms with Crippen molar-refractivity contribution in [3.8, 4) is 0 Å². The Morgan fingerprint density at radius 2 is 1.72 bits per heavy atom. The fourth-order valence-electron chi connectivity index (χ4n) is 3.41. The first kappa shape index (κ1) is 21.0. The van der Waals surface area contributed by atoms with Gasteiger partial charge in [0.2, 0.25) is 11.8 Å². The average molecular weight is 399 g/mol. The predicted octanol–water partition coefficient (Wildman–Crippen LogP) is 1.23. The van der Waals surface area contributed by atoms with Crippen LogP contribution in [0.1, 0.15) is 35.8 Å². The highest BCUT2D eigenvalue weighted by Crippen LogP contribution is 2.12. The van der Waals surface area contributed by atoms with Gasteiger partial charge in [0, 0.05) is 32.7 Å². The smallest absolute Gasteiger partial charge is 0.273 e. The van der Waals surface area contributed by atoms with Crippen molar-refractivity contribution in [1.82, 2.24) is 20.1 Å². The molecule has 1 aliphatic rings. The lowest BCUT2D eigenvalue weighted by molar-refractivity contribution is -0.120. The van der Waals surface area contributed by atoms with Gasteiger partial charge in [-0.05, 0) is 11.5 Å². The molecule has 0 unspecified atom stereocenters. The van der Waals surface area contributed by atoms with Crippen molar-refractivity contribution in [3.05, 3.63) is 53.7 Å². The number of piperazine rings is 1. The monoisotopic (exact) mass is 399 g/mol. The highest BCUT2D eigenvalue weighted by atomic mass is 16.3. The minimum atomic E-state index is -0.736. The highest BCUT2D eigenvalue weighted by Gasteiger charge is 2.24. The van der Waals surface area contributed by atoms with Crippen LogP contribution in [0.15, 0.2) is 41.0 Å². The molecule has 1 fully saturated rings. The predicted molar refractivity (Wildman–Crippen MR) is 109 cm³/mol. The molecule has 8 nitrogen and oxygen atoms in total. The summed E-state index contributed by atoms with van der Waals surface area (Å²) in [6.45, 7) is 8.91. The number of carbonyl (C=O) groups is 2. The Bertz CT molecular complexity index is 813. The number of nitrogens with zero attached hydrogens (tertiary/aromatic N) is 3. The van der Waals surface area contributed by atoms with Crippen LogP contribution in [0.25, 0.3) is 0 Å². The Morgan fingerprint density at radius 1 is 1.10 bits per heavy atom. The van der Waals surface area contributed by atoms with E-state index >= 15 is 0 Å². The van der Waals surface area contributed by atoms with Gasteiger partial charge in [0.1, 0.15) is 12.3 Å². The Kier molecular flexibility index (Phi) is 7.00. The van der Waals surface area contributed by atoms with Crippen LogP contribution in [-0.2, 0) is 17.9 Å². The summed E-state index contributed by atoms with van der Waals surface area (Å²) in [5, 5.41) is 2.62. The summed E-state index contributed by atoms with van der Waals surface area (Å²) < 4.78 is 5.47. The zero-order valence-electron chi connectivity index (χ0n) is 17.0. The molecule has 29 heavy (non-hydrogen) atoms. The first-order valence-corrected chi connectivity index (χ1v) is 9.95. The van der Waals surface area contributed by atoms with Crippen LogP contribution >= 0.6 is 0 Å². The second-order valence-corrected chi connectivity index (χ2v) is 7.76. The first-order valence-electron chi connectivity index (χ1n) is 9.95. The molecule has 1 saturated heterocycles. The van der Waals surface area contributed by atoms with E-state index in [0.717, 1.165) is 32.7 Å². The van der Waals surface area contributed by atoms with E-state index in [1.807, 2.05) is 19.9 Å². The summed E-state index contributed by atoms with van der Waals surface area (Å²) in [6.07, 6.45) is 1.33. The van der Waals surface area contributed by atoms with Gasteiger partial charge in [0.15, 0.2) is 5.69 Å². The average Bonchev–Trinajstić information content (AvgIpc) is 3.16. The summed E-state index contributed by atoms with van der Waals surface area (Å²) in [4.78, 5) is 32.8. The molecule has 0 saturated carbocycles. The summed E-state index contributed by atoms with van der Waals surface area (Å²) in [5.74, 6) is -0.627. The quantitative estimate of drug-likeness (QED) is 0.692. The molecule has 1 aromatic heterocycles. The maximum absolute atomic E-state index is 12.3. The SMILES string of the molecule is CC(C)[C@H](NC(=O)c1coc(CN2CCN(Cc3ccccc3)CC2)n1)C(N)=O. The lowest BCUT2D eigenvalue weighted by Gasteiger charge is -2.34. The number of carbonyl (C=O) groups excluding carboxylic acids is 2. The second kappa shape index (κ2) is 9.67. The van der Waals surface area contributed by atoms with E-state index in [1.165, 1.54) is 11.8 Å². The molecular weight excluding hydrogens is 370 g/mol. The minimum Gasteiger partial charge on any atom is -0.447 e. The second-order valence-electron chi connectivity index (χ2n) is 7.76. The summed E-state index contributed by atoms with van der Waals surface area (Å²) >= 11 is 0. The Hall–Kier alpha value is -2.71. The molecule has 0 aliphatic carbocycles. The molecule has 2 heterocycles. The van der Waals surface area contributed by atoms with Crippen LogP contribution in [0.5, 0.6) is 0 Å². The van der Waals surface area contributed by atoms with Gasteiger partial charge in [-0.25, -0.2) is 4.98 Å².